The molecule has 3 N–H and O–H groups in total. The van der Waals surface area contributed by atoms with E-state index >= 15 is 0 Å². The number of aromatic nitrogens is 2. The Morgan fingerprint density at radius 3 is 2.26 bits per heavy atom. The molecule has 4 rings (SSSR count). The second kappa shape index (κ2) is 10.9. The van der Waals surface area contributed by atoms with Crippen LogP contribution in [0.3, 0.4) is 0 Å². The van der Waals surface area contributed by atoms with Crippen LogP contribution in [0.1, 0.15) is 82.7 Å². The topological polar surface area (TPSA) is 122 Å². The summed E-state index contributed by atoms with van der Waals surface area (Å²) < 4.78 is 5.63. The number of aliphatic hydroxyl groups excluding tert-OH is 1. The number of fused-ring (bicyclic) bond motifs is 1. The first kappa shape index (κ1) is 29.1. The first-order chi connectivity index (χ1) is 18.2. The van der Waals surface area contributed by atoms with Crippen LogP contribution in [0, 0.1) is 11.3 Å². The molecule has 2 heterocycles. The van der Waals surface area contributed by atoms with Crippen LogP contribution >= 0.6 is 11.6 Å². The minimum Gasteiger partial charge on any atom is -0.443 e. The lowest BCUT2D eigenvalue weighted by atomic mass is 9.63. The number of amides is 2. The number of hydrogen-bond donors (Lipinski definition) is 2. The minimum absolute atomic E-state index is 0.0326. The van der Waals surface area contributed by atoms with Gasteiger partial charge in [-0.15, -0.1) is 0 Å². The summed E-state index contributed by atoms with van der Waals surface area (Å²) in [5.41, 5.74) is 6.54. The lowest BCUT2D eigenvalue weighted by Gasteiger charge is -2.47. The summed E-state index contributed by atoms with van der Waals surface area (Å²) in [4.78, 5) is 39.2. The fourth-order valence-corrected chi connectivity index (χ4v) is 6.83. The predicted molar refractivity (Wildman–Crippen MR) is 151 cm³/mol. The maximum absolute atomic E-state index is 14.4. The highest BCUT2D eigenvalue weighted by Gasteiger charge is 2.50. The number of aliphatic hydroxyl groups is 1. The Labute approximate surface area is 235 Å². The van der Waals surface area contributed by atoms with Crippen LogP contribution in [0.4, 0.5) is 10.6 Å². The number of halogens is 1. The number of carbonyl (C=O) groups excluding carboxylic acids is 2. The van der Waals surface area contributed by atoms with Gasteiger partial charge in [0.1, 0.15) is 17.7 Å². The van der Waals surface area contributed by atoms with E-state index in [0.29, 0.717) is 43.3 Å². The van der Waals surface area contributed by atoms with Crippen molar-refractivity contribution in [2.24, 2.45) is 17.1 Å². The largest absolute Gasteiger partial charge is 0.443 e. The summed E-state index contributed by atoms with van der Waals surface area (Å²) in [5, 5.41) is 11.0. The molecule has 39 heavy (non-hydrogen) atoms. The highest BCUT2D eigenvalue weighted by molar-refractivity contribution is 6.30. The predicted octanol–water partition coefficient (Wildman–Crippen LogP) is 4.64. The second-order valence-corrected chi connectivity index (χ2v) is 12.8. The van der Waals surface area contributed by atoms with E-state index in [4.69, 9.17) is 22.1 Å². The van der Waals surface area contributed by atoms with Crippen molar-refractivity contribution >= 4 is 29.4 Å². The van der Waals surface area contributed by atoms with Crippen molar-refractivity contribution < 1.29 is 19.4 Å². The van der Waals surface area contributed by atoms with E-state index in [0.717, 1.165) is 16.9 Å². The third-order valence-electron chi connectivity index (χ3n) is 8.04. The summed E-state index contributed by atoms with van der Waals surface area (Å²) in [7, 11) is 0. The van der Waals surface area contributed by atoms with Crippen molar-refractivity contribution in [3.05, 3.63) is 52.4 Å². The molecule has 1 fully saturated rings. The fourth-order valence-electron chi connectivity index (χ4n) is 6.70. The molecule has 2 aliphatic rings. The van der Waals surface area contributed by atoms with Crippen molar-refractivity contribution in [2.45, 2.75) is 71.5 Å². The standard InChI is InChI=1S/C29H40ClN5O4/c1-17-15-20(36)23-21(17)25(33-16-32-23)34-11-13-35(14-12-34)26(37)22(18-7-9-19(30)10-8-18)24(28(2,3)4)29(5,6)39-27(31)38/h7-10,16-17,20,22,24,36H,11-15H2,1-6H3,(H2,31,38)/t17-,20-,22?,24+/m1/s1. The van der Waals surface area contributed by atoms with Gasteiger partial charge >= 0.3 is 6.09 Å². The Kier molecular flexibility index (Phi) is 8.15. The maximum Gasteiger partial charge on any atom is 0.405 e. The first-order valence-corrected chi connectivity index (χ1v) is 13.9. The number of piperazine rings is 1. The van der Waals surface area contributed by atoms with Crippen LogP contribution in [0.5, 0.6) is 0 Å². The molecule has 212 valence electrons. The third-order valence-corrected chi connectivity index (χ3v) is 8.30. The van der Waals surface area contributed by atoms with E-state index in [9.17, 15) is 14.7 Å². The first-order valence-electron chi connectivity index (χ1n) is 13.5. The summed E-state index contributed by atoms with van der Waals surface area (Å²) >= 11 is 6.19. The van der Waals surface area contributed by atoms with Gasteiger partial charge in [0, 0.05) is 42.7 Å². The van der Waals surface area contributed by atoms with Gasteiger partial charge in [-0.05, 0) is 49.3 Å². The molecule has 9 nitrogen and oxygen atoms in total. The van der Waals surface area contributed by atoms with Gasteiger partial charge < -0.3 is 25.4 Å². The molecule has 10 heteroatoms. The van der Waals surface area contributed by atoms with E-state index in [1.807, 2.05) is 51.7 Å². The molecule has 1 unspecified atom stereocenters. The van der Waals surface area contributed by atoms with Gasteiger partial charge in [-0.3, -0.25) is 4.79 Å². The molecular weight excluding hydrogens is 518 g/mol. The number of carbonyl (C=O) groups is 2. The van der Waals surface area contributed by atoms with Gasteiger partial charge in [0.15, 0.2) is 0 Å². The molecule has 1 saturated heterocycles. The average Bonchev–Trinajstić information content (AvgIpc) is 3.14. The van der Waals surface area contributed by atoms with Crippen LogP contribution in [-0.4, -0.2) is 63.8 Å². The Hall–Kier alpha value is -2.91. The number of ether oxygens (including phenoxy) is 1. The molecule has 1 aromatic heterocycles. The summed E-state index contributed by atoms with van der Waals surface area (Å²) in [5.74, 6) is -0.0119. The summed E-state index contributed by atoms with van der Waals surface area (Å²) in [6, 6.07) is 7.30. The zero-order valence-electron chi connectivity index (χ0n) is 23.6. The van der Waals surface area contributed by atoms with Crippen LogP contribution in [0.25, 0.3) is 0 Å². The van der Waals surface area contributed by atoms with Crippen LogP contribution in [-0.2, 0) is 9.53 Å². The number of hydrogen-bond acceptors (Lipinski definition) is 7. The molecule has 0 radical (unpaired) electrons. The highest BCUT2D eigenvalue weighted by atomic mass is 35.5. The number of benzene rings is 1. The fraction of sp³-hybridized carbons (Fsp3) is 0.586. The molecule has 1 aromatic carbocycles. The van der Waals surface area contributed by atoms with Crippen LogP contribution < -0.4 is 10.6 Å². The van der Waals surface area contributed by atoms with Crippen LogP contribution in [0.15, 0.2) is 30.6 Å². The zero-order chi connectivity index (χ0) is 28.7. The average molecular weight is 558 g/mol. The Morgan fingerprint density at radius 2 is 1.69 bits per heavy atom. The molecule has 1 aliphatic heterocycles. The quantitative estimate of drug-likeness (QED) is 0.530. The zero-order valence-corrected chi connectivity index (χ0v) is 24.4. The lowest BCUT2D eigenvalue weighted by molar-refractivity contribution is -0.141. The van der Waals surface area contributed by atoms with Gasteiger partial charge in [0.25, 0.3) is 0 Å². The van der Waals surface area contributed by atoms with E-state index in [1.165, 1.54) is 6.33 Å². The summed E-state index contributed by atoms with van der Waals surface area (Å²) in [6.07, 6.45) is 0.708. The van der Waals surface area contributed by atoms with Crippen molar-refractivity contribution in [1.82, 2.24) is 14.9 Å². The minimum atomic E-state index is -1.02. The van der Waals surface area contributed by atoms with Crippen molar-refractivity contribution in [3.8, 4) is 0 Å². The SMILES string of the molecule is C[C@@H]1C[C@@H](O)c2ncnc(N3CCN(C(=O)C(c4ccc(Cl)cc4)[C@@H](C(C)(C)C)C(C)(C)OC(N)=O)CC3)c21. The van der Waals surface area contributed by atoms with E-state index in [1.54, 1.807) is 12.1 Å². The summed E-state index contributed by atoms with van der Waals surface area (Å²) in [6.45, 7) is 14.1. The normalized spacial score (nSPS) is 21.3. The van der Waals surface area contributed by atoms with Gasteiger partial charge in [0.05, 0.1) is 17.7 Å². The molecule has 0 bridgehead atoms. The Morgan fingerprint density at radius 1 is 1.08 bits per heavy atom. The van der Waals surface area contributed by atoms with Crippen molar-refractivity contribution in [1.29, 1.82) is 0 Å². The van der Waals surface area contributed by atoms with Crippen molar-refractivity contribution in [2.75, 3.05) is 31.1 Å². The number of primary amides is 1. The maximum atomic E-state index is 14.4. The molecule has 0 saturated carbocycles. The molecule has 4 atom stereocenters. The molecule has 1 aliphatic carbocycles. The lowest BCUT2D eigenvalue weighted by Crippen LogP contribution is -2.55. The Balaban J connectivity index is 1.63. The molecular formula is C29H40ClN5O4. The van der Waals surface area contributed by atoms with E-state index < -0.39 is 35.0 Å². The van der Waals surface area contributed by atoms with E-state index in [-0.39, 0.29) is 11.8 Å². The van der Waals surface area contributed by atoms with Crippen LogP contribution in [0.2, 0.25) is 5.02 Å². The van der Waals surface area contributed by atoms with Crippen molar-refractivity contribution in [3.63, 3.8) is 0 Å². The Bertz CT molecular complexity index is 1210. The number of anilines is 1. The molecule has 2 amide bonds. The number of nitrogens with zero attached hydrogens (tertiary/aromatic N) is 4. The third kappa shape index (κ3) is 5.99. The molecule has 2 aromatic rings. The monoisotopic (exact) mass is 557 g/mol. The highest BCUT2D eigenvalue weighted by Crippen LogP contribution is 2.47. The van der Waals surface area contributed by atoms with E-state index in [2.05, 4.69) is 21.8 Å². The smallest absolute Gasteiger partial charge is 0.405 e. The van der Waals surface area contributed by atoms with Gasteiger partial charge in [0.2, 0.25) is 5.91 Å². The number of nitrogens with two attached hydrogens (primary N) is 1. The van der Waals surface area contributed by atoms with Gasteiger partial charge in [-0.25, -0.2) is 14.8 Å². The molecule has 0 spiro atoms. The van der Waals surface area contributed by atoms with Gasteiger partial charge in [-0.1, -0.05) is 51.4 Å². The van der Waals surface area contributed by atoms with Gasteiger partial charge in [-0.2, -0.15) is 0 Å². The number of rotatable bonds is 6. The second-order valence-electron chi connectivity index (χ2n) is 12.4.